The lowest BCUT2D eigenvalue weighted by Crippen LogP contribution is -2.37. The summed E-state index contributed by atoms with van der Waals surface area (Å²) in [5, 5.41) is 11.0. The highest BCUT2D eigenvalue weighted by molar-refractivity contribution is 5.80. The molecular weight excluding hydrogens is 296 g/mol. The van der Waals surface area contributed by atoms with Crippen LogP contribution >= 0.6 is 0 Å². The average molecular weight is 314 g/mol. The van der Waals surface area contributed by atoms with E-state index in [0.29, 0.717) is 11.3 Å². The molecule has 0 saturated heterocycles. The van der Waals surface area contributed by atoms with Crippen LogP contribution in [-0.2, 0) is 11.3 Å². The summed E-state index contributed by atoms with van der Waals surface area (Å²) in [6, 6.07) is 15.4. The monoisotopic (exact) mass is 314 g/mol. The molecule has 0 aliphatic carbocycles. The number of nitro benzene ring substituents is 1. The van der Waals surface area contributed by atoms with Gasteiger partial charge in [0.1, 0.15) is 5.75 Å². The highest BCUT2D eigenvalue weighted by Crippen LogP contribution is 2.20. The Balaban J connectivity index is 2.04. The second-order valence-electron chi connectivity index (χ2n) is 5.15. The first-order valence-corrected chi connectivity index (χ1v) is 7.18. The van der Waals surface area contributed by atoms with Crippen molar-refractivity contribution in [2.45, 2.75) is 19.6 Å². The Morgan fingerprint density at radius 3 is 2.43 bits per heavy atom. The number of amides is 1. The van der Waals surface area contributed by atoms with Crippen molar-refractivity contribution in [1.82, 2.24) is 4.90 Å². The molecule has 1 unspecified atom stereocenters. The summed E-state index contributed by atoms with van der Waals surface area (Å²) in [5.74, 6) is 0.361. The fourth-order valence-corrected chi connectivity index (χ4v) is 2.22. The number of carbonyl (C=O) groups excluding carboxylic acids is 1. The van der Waals surface area contributed by atoms with E-state index in [4.69, 9.17) is 4.74 Å². The van der Waals surface area contributed by atoms with Crippen molar-refractivity contribution in [3.8, 4) is 5.75 Å². The molecule has 1 atom stereocenters. The van der Waals surface area contributed by atoms with Crippen LogP contribution in [0.5, 0.6) is 5.75 Å². The molecule has 0 radical (unpaired) electrons. The van der Waals surface area contributed by atoms with E-state index in [1.165, 1.54) is 11.0 Å². The Hall–Kier alpha value is -2.89. The first-order chi connectivity index (χ1) is 11.0. The third-order valence-electron chi connectivity index (χ3n) is 3.38. The Morgan fingerprint density at radius 2 is 1.78 bits per heavy atom. The minimum atomic E-state index is -0.676. The van der Waals surface area contributed by atoms with Gasteiger partial charge in [0.2, 0.25) is 0 Å². The number of ether oxygens (including phenoxy) is 1. The molecule has 0 heterocycles. The summed E-state index contributed by atoms with van der Waals surface area (Å²) in [6.07, 6.45) is -0.676. The fraction of sp³-hybridized carbons (Fsp3) is 0.235. The van der Waals surface area contributed by atoms with Gasteiger partial charge in [0.15, 0.2) is 6.10 Å². The largest absolute Gasteiger partial charge is 0.481 e. The number of benzene rings is 2. The van der Waals surface area contributed by atoms with Gasteiger partial charge in [0.25, 0.3) is 11.6 Å². The minimum Gasteiger partial charge on any atom is -0.481 e. The highest BCUT2D eigenvalue weighted by atomic mass is 16.6. The zero-order valence-electron chi connectivity index (χ0n) is 13.0. The third kappa shape index (κ3) is 4.29. The Kier molecular flexibility index (Phi) is 5.30. The van der Waals surface area contributed by atoms with E-state index < -0.39 is 11.0 Å². The van der Waals surface area contributed by atoms with Crippen molar-refractivity contribution >= 4 is 11.6 Å². The van der Waals surface area contributed by atoms with E-state index in [9.17, 15) is 14.9 Å². The van der Waals surface area contributed by atoms with Crippen LogP contribution < -0.4 is 4.74 Å². The van der Waals surface area contributed by atoms with Crippen LogP contribution in [-0.4, -0.2) is 28.9 Å². The number of para-hydroxylation sites is 2. The minimum absolute atomic E-state index is 0.00350. The third-order valence-corrected chi connectivity index (χ3v) is 3.38. The van der Waals surface area contributed by atoms with E-state index in [-0.39, 0.29) is 18.1 Å². The quantitative estimate of drug-likeness (QED) is 0.607. The highest BCUT2D eigenvalue weighted by Gasteiger charge is 2.22. The van der Waals surface area contributed by atoms with Crippen LogP contribution in [0.25, 0.3) is 0 Å². The van der Waals surface area contributed by atoms with E-state index >= 15 is 0 Å². The van der Waals surface area contributed by atoms with Crippen LogP contribution in [0.4, 0.5) is 5.69 Å². The Labute approximate surface area is 134 Å². The van der Waals surface area contributed by atoms with Gasteiger partial charge >= 0.3 is 0 Å². The predicted molar refractivity (Wildman–Crippen MR) is 86.1 cm³/mol. The number of nitrogens with zero attached hydrogens (tertiary/aromatic N) is 2. The topological polar surface area (TPSA) is 72.7 Å². The van der Waals surface area contributed by atoms with Crippen LogP contribution in [0, 0.1) is 10.1 Å². The van der Waals surface area contributed by atoms with Gasteiger partial charge in [-0.05, 0) is 19.1 Å². The van der Waals surface area contributed by atoms with Gasteiger partial charge in [-0.1, -0.05) is 36.4 Å². The molecule has 0 bridgehead atoms. The van der Waals surface area contributed by atoms with Gasteiger partial charge in [0, 0.05) is 18.7 Å². The van der Waals surface area contributed by atoms with Crippen LogP contribution in [0.3, 0.4) is 0 Å². The molecule has 0 aromatic heterocycles. The molecule has 0 aliphatic heterocycles. The van der Waals surface area contributed by atoms with Gasteiger partial charge in [-0.15, -0.1) is 0 Å². The van der Waals surface area contributed by atoms with E-state index in [1.807, 2.05) is 18.2 Å². The zero-order chi connectivity index (χ0) is 16.8. The molecule has 0 fully saturated rings. The number of nitro groups is 1. The standard InChI is InChI=1S/C17H18N2O4/c1-13(23-15-9-4-3-5-10-15)17(20)18(2)12-14-8-6-7-11-16(14)19(21)22/h3-11,13H,12H2,1-2H3. The lowest BCUT2D eigenvalue weighted by molar-refractivity contribution is -0.385. The first kappa shape index (κ1) is 16.5. The van der Waals surface area contributed by atoms with Gasteiger partial charge in [-0.25, -0.2) is 0 Å². The maximum absolute atomic E-state index is 12.4. The molecule has 23 heavy (non-hydrogen) atoms. The number of hydrogen-bond donors (Lipinski definition) is 0. The summed E-state index contributed by atoms with van der Waals surface area (Å²) in [5.41, 5.74) is 0.490. The van der Waals surface area contributed by atoms with Gasteiger partial charge in [0.05, 0.1) is 11.5 Å². The lowest BCUT2D eigenvalue weighted by atomic mass is 10.1. The Morgan fingerprint density at radius 1 is 1.17 bits per heavy atom. The maximum Gasteiger partial charge on any atom is 0.274 e. The van der Waals surface area contributed by atoms with Crippen molar-refractivity contribution in [1.29, 1.82) is 0 Å². The van der Waals surface area contributed by atoms with Crippen molar-refractivity contribution in [3.63, 3.8) is 0 Å². The number of rotatable bonds is 6. The fourth-order valence-electron chi connectivity index (χ4n) is 2.22. The SMILES string of the molecule is CC(Oc1ccccc1)C(=O)N(C)Cc1ccccc1[N+](=O)[O-]. The second kappa shape index (κ2) is 7.40. The molecule has 6 nitrogen and oxygen atoms in total. The van der Waals surface area contributed by atoms with Crippen LogP contribution in [0.1, 0.15) is 12.5 Å². The summed E-state index contributed by atoms with van der Waals surface area (Å²) in [7, 11) is 1.60. The number of likely N-dealkylation sites (N-methyl/N-ethyl adjacent to an activating group) is 1. The van der Waals surface area contributed by atoms with Crippen molar-refractivity contribution < 1.29 is 14.5 Å². The summed E-state index contributed by atoms with van der Waals surface area (Å²) >= 11 is 0. The van der Waals surface area contributed by atoms with Gasteiger partial charge < -0.3 is 9.64 Å². The molecule has 2 aromatic rings. The molecule has 0 aliphatic rings. The number of hydrogen-bond acceptors (Lipinski definition) is 4. The zero-order valence-corrected chi connectivity index (χ0v) is 13.0. The van der Waals surface area contributed by atoms with E-state index in [1.54, 1.807) is 44.3 Å². The maximum atomic E-state index is 12.4. The average Bonchev–Trinajstić information content (AvgIpc) is 2.55. The molecular formula is C17H18N2O4. The molecule has 0 spiro atoms. The van der Waals surface area contributed by atoms with E-state index in [2.05, 4.69) is 0 Å². The molecule has 1 amide bonds. The molecule has 6 heteroatoms. The summed E-state index contributed by atoms with van der Waals surface area (Å²) in [4.78, 5) is 24.4. The van der Waals surface area contributed by atoms with E-state index in [0.717, 1.165) is 0 Å². The number of carbonyl (C=O) groups is 1. The second-order valence-corrected chi connectivity index (χ2v) is 5.15. The van der Waals surface area contributed by atoms with Crippen LogP contribution in [0.15, 0.2) is 54.6 Å². The van der Waals surface area contributed by atoms with Gasteiger partial charge in [-0.3, -0.25) is 14.9 Å². The van der Waals surface area contributed by atoms with Crippen LogP contribution in [0.2, 0.25) is 0 Å². The molecule has 120 valence electrons. The Bertz CT molecular complexity index is 688. The summed E-state index contributed by atoms with van der Waals surface area (Å²) in [6.45, 7) is 1.81. The van der Waals surface area contributed by atoms with Crippen molar-refractivity contribution in [3.05, 3.63) is 70.3 Å². The lowest BCUT2D eigenvalue weighted by Gasteiger charge is -2.22. The molecule has 0 saturated carbocycles. The summed E-state index contributed by atoms with van der Waals surface area (Å²) < 4.78 is 5.59. The molecule has 2 aromatic carbocycles. The smallest absolute Gasteiger partial charge is 0.274 e. The van der Waals surface area contributed by atoms with Gasteiger partial charge in [-0.2, -0.15) is 0 Å². The molecule has 0 N–H and O–H groups in total. The predicted octanol–water partition coefficient (Wildman–Crippen LogP) is 3.02. The van der Waals surface area contributed by atoms with Crippen molar-refractivity contribution in [2.75, 3.05) is 7.05 Å². The molecule has 2 rings (SSSR count). The normalized spacial score (nSPS) is 11.6. The van der Waals surface area contributed by atoms with Crippen molar-refractivity contribution in [2.24, 2.45) is 0 Å². The first-order valence-electron chi connectivity index (χ1n) is 7.18.